The van der Waals surface area contributed by atoms with Crippen LogP contribution in [0.5, 0.6) is 0 Å². The summed E-state index contributed by atoms with van der Waals surface area (Å²) >= 11 is 12.6. The Balaban J connectivity index is -0.000000155. The molecule has 0 aromatic heterocycles. The molecule has 0 atom stereocenters. The van der Waals surface area contributed by atoms with Gasteiger partial charge in [-0.05, 0) is 0 Å². The van der Waals surface area contributed by atoms with E-state index in [0.29, 0.717) is 0 Å². The maximum atomic E-state index is 8.77. The molecule has 0 aromatic carbocycles. The molecule has 102 valence electrons. The van der Waals surface area contributed by atoms with Crippen molar-refractivity contribution >= 4 is 51.1 Å². The summed E-state index contributed by atoms with van der Waals surface area (Å²) in [4.78, 5) is 26.3. The molecule has 1 saturated carbocycles. The van der Waals surface area contributed by atoms with Crippen LogP contribution in [0.2, 0.25) is 0 Å². The normalized spacial score (nSPS) is 11.5. The molecule has 1 aliphatic rings. The summed E-state index contributed by atoms with van der Waals surface area (Å²) in [5, 5.41) is 21.5. The van der Waals surface area contributed by atoms with Crippen LogP contribution in [0, 0.1) is 0 Å². The second-order valence-corrected chi connectivity index (χ2v) is 3.50. The van der Waals surface area contributed by atoms with Gasteiger partial charge in [-0.3, -0.25) is 0 Å². The van der Waals surface area contributed by atoms with Crippen LogP contribution in [0.25, 0.3) is 0 Å². The van der Waals surface area contributed by atoms with Gasteiger partial charge >= 0.3 is 16.3 Å². The highest BCUT2D eigenvalue weighted by atomic mass is 35.5. The lowest BCUT2D eigenvalue weighted by Crippen LogP contribution is -1.66. The van der Waals surface area contributed by atoms with Crippen molar-refractivity contribution < 1.29 is 29.7 Å². The summed E-state index contributed by atoms with van der Waals surface area (Å²) < 4.78 is 0. The Labute approximate surface area is 113 Å². The van der Waals surface area contributed by atoms with Gasteiger partial charge in [-0.25, -0.2) is 14.4 Å². The Hall–Kier alpha value is -0.720. The fourth-order valence-electron chi connectivity index (χ4n) is 0.884. The quantitative estimate of drug-likeness (QED) is 0.561. The Morgan fingerprint density at radius 2 is 0.647 bits per heavy atom. The molecule has 0 heterocycles. The van der Waals surface area contributed by atoms with Crippen LogP contribution in [-0.4, -0.2) is 31.6 Å². The van der Waals surface area contributed by atoms with E-state index in [2.05, 4.69) is 34.8 Å². The highest BCUT2D eigenvalue weighted by molar-refractivity contribution is 6.60. The predicted octanol–water partition coefficient (Wildman–Crippen LogP) is 4.66. The summed E-state index contributed by atoms with van der Waals surface area (Å²) in [7, 11) is 0. The third-order valence-corrected chi connectivity index (χ3v) is 1.25. The Morgan fingerprint density at radius 3 is 0.706 bits per heavy atom. The Morgan fingerprint density at radius 1 is 0.588 bits per heavy atom. The van der Waals surface area contributed by atoms with Gasteiger partial charge in [-0.2, -0.15) is 0 Å². The van der Waals surface area contributed by atoms with Gasteiger partial charge < -0.3 is 15.3 Å². The third kappa shape index (κ3) is 147. The van der Waals surface area contributed by atoms with E-state index >= 15 is 0 Å². The molecule has 17 heavy (non-hydrogen) atoms. The first-order valence-electron chi connectivity index (χ1n) is 4.35. The number of hydrogen-bond acceptors (Lipinski definition) is 3. The monoisotopic (exact) mass is 310 g/mol. The molecule has 0 spiro atoms. The molecule has 0 bridgehead atoms. The fraction of sp³-hybridized carbons (Fsp3) is 0.625. The number of hydrogen-bond donors (Lipinski definition) is 3. The second-order valence-electron chi connectivity index (χ2n) is 2.53. The zero-order valence-corrected chi connectivity index (χ0v) is 11.0. The van der Waals surface area contributed by atoms with Crippen molar-refractivity contribution in [3.63, 3.8) is 0 Å². The van der Waals surface area contributed by atoms with Crippen LogP contribution >= 0.6 is 34.8 Å². The average Bonchev–Trinajstić information content (AvgIpc) is 2.53. The number of halogens is 3. The summed E-state index contributed by atoms with van der Waals surface area (Å²) in [5.41, 5.74) is -4.08. The van der Waals surface area contributed by atoms with E-state index in [4.69, 9.17) is 29.7 Å². The molecule has 6 nitrogen and oxygen atoms in total. The zero-order chi connectivity index (χ0) is 14.3. The first-order valence-corrected chi connectivity index (χ1v) is 5.48. The zero-order valence-electron chi connectivity index (χ0n) is 8.74. The van der Waals surface area contributed by atoms with Crippen LogP contribution in [0.1, 0.15) is 32.1 Å². The average molecular weight is 312 g/mol. The molecule has 0 unspecified atom stereocenters. The van der Waals surface area contributed by atoms with Crippen molar-refractivity contribution in [2.75, 3.05) is 0 Å². The molecule has 0 saturated heterocycles. The molecular weight excluding hydrogens is 298 g/mol. The minimum atomic E-state index is -1.36. The lowest BCUT2D eigenvalue weighted by molar-refractivity contribution is 0.219. The molecule has 1 fully saturated rings. The van der Waals surface area contributed by atoms with Crippen LogP contribution in [-0.2, 0) is 0 Å². The highest BCUT2D eigenvalue weighted by Gasteiger charge is 1.95. The van der Waals surface area contributed by atoms with Gasteiger partial charge in [0.05, 0.1) is 0 Å². The largest absolute Gasteiger partial charge is 0.469 e. The maximum Gasteiger partial charge on any atom is 0.401 e. The second kappa shape index (κ2) is 17.7. The van der Waals surface area contributed by atoms with E-state index in [9.17, 15) is 0 Å². The van der Waals surface area contributed by atoms with Crippen molar-refractivity contribution in [1.29, 1.82) is 0 Å². The summed E-state index contributed by atoms with van der Waals surface area (Å²) in [5.74, 6) is 0. The van der Waals surface area contributed by atoms with E-state index in [1.165, 1.54) is 32.1 Å². The number of carbonyl (C=O) groups is 3. The minimum Gasteiger partial charge on any atom is -0.469 e. The third-order valence-electron chi connectivity index (χ3n) is 1.25. The SMILES string of the molecule is C1CCCC1.O=C(O)Cl.O=C(O)Cl.O=C(O)Cl. The topological polar surface area (TPSA) is 112 Å². The lowest BCUT2D eigenvalue weighted by atomic mass is 10.4. The van der Waals surface area contributed by atoms with E-state index in [-0.39, 0.29) is 0 Å². The summed E-state index contributed by atoms with van der Waals surface area (Å²) in [6, 6.07) is 0. The molecule has 1 aliphatic carbocycles. The van der Waals surface area contributed by atoms with Crippen LogP contribution in [0.4, 0.5) is 14.4 Å². The van der Waals surface area contributed by atoms with Crippen molar-refractivity contribution in [3.8, 4) is 0 Å². The van der Waals surface area contributed by atoms with Gasteiger partial charge in [-0.1, -0.05) is 32.1 Å². The summed E-state index contributed by atoms with van der Waals surface area (Å²) in [6.07, 6.45) is 7.50. The molecule has 9 heteroatoms. The van der Waals surface area contributed by atoms with Gasteiger partial charge in [0.2, 0.25) is 0 Å². The van der Waals surface area contributed by atoms with Crippen molar-refractivity contribution in [2.45, 2.75) is 32.1 Å². The van der Waals surface area contributed by atoms with Gasteiger partial charge in [0, 0.05) is 34.8 Å². The van der Waals surface area contributed by atoms with Crippen LogP contribution in [0.15, 0.2) is 0 Å². The van der Waals surface area contributed by atoms with E-state index < -0.39 is 16.3 Å². The number of rotatable bonds is 0. The van der Waals surface area contributed by atoms with Crippen LogP contribution < -0.4 is 0 Å². The van der Waals surface area contributed by atoms with E-state index in [0.717, 1.165) is 0 Å². The Kier molecular flexibility index (Phi) is 22.4. The maximum absolute atomic E-state index is 8.77. The first kappa shape index (κ1) is 21.6. The molecule has 0 radical (unpaired) electrons. The standard InChI is InChI=1S/C5H10.3CHClO2/c1-2-4-5-3-1;3*2-1(3)4/h1-5H2;3*(H,3,4). The van der Waals surface area contributed by atoms with Crippen molar-refractivity contribution in [2.24, 2.45) is 0 Å². The molecule has 0 aliphatic heterocycles. The first-order chi connectivity index (χ1) is 7.70. The smallest absolute Gasteiger partial charge is 0.401 e. The van der Waals surface area contributed by atoms with Gasteiger partial charge in [0.15, 0.2) is 0 Å². The van der Waals surface area contributed by atoms with Crippen LogP contribution in [0.3, 0.4) is 0 Å². The van der Waals surface area contributed by atoms with Gasteiger partial charge in [-0.15, -0.1) is 0 Å². The highest BCUT2D eigenvalue weighted by Crippen LogP contribution is 2.15. The van der Waals surface area contributed by atoms with Crippen molar-refractivity contribution in [1.82, 2.24) is 0 Å². The molecule has 1 rings (SSSR count). The van der Waals surface area contributed by atoms with Gasteiger partial charge in [0.25, 0.3) is 0 Å². The Bertz CT molecular complexity index is 169. The molecule has 0 amide bonds. The number of carboxylic acid groups (broad SMARTS) is 3. The van der Waals surface area contributed by atoms with E-state index in [1.54, 1.807) is 0 Å². The fourth-order valence-corrected chi connectivity index (χ4v) is 0.884. The molecular formula is C8H13Cl3O6. The predicted molar refractivity (Wildman–Crippen MR) is 64.7 cm³/mol. The summed E-state index contributed by atoms with van der Waals surface area (Å²) in [6.45, 7) is 0. The van der Waals surface area contributed by atoms with Gasteiger partial charge in [0.1, 0.15) is 0 Å². The lowest BCUT2D eigenvalue weighted by Gasteiger charge is -1.67. The molecule has 0 aromatic rings. The van der Waals surface area contributed by atoms with Crippen molar-refractivity contribution in [3.05, 3.63) is 0 Å². The minimum absolute atomic E-state index is 1.36. The van der Waals surface area contributed by atoms with E-state index in [1.807, 2.05) is 0 Å². The molecule has 3 N–H and O–H groups in total.